The summed E-state index contributed by atoms with van der Waals surface area (Å²) in [6.45, 7) is 2.36. The number of nitrogen functional groups attached to an aromatic ring is 1. The Hall–Kier alpha value is -3.82. The maximum Gasteiger partial charge on any atom is 0.187 e. The van der Waals surface area contributed by atoms with Gasteiger partial charge < -0.3 is 15.2 Å². The van der Waals surface area contributed by atoms with Crippen LogP contribution in [0, 0.1) is 6.92 Å². The van der Waals surface area contributed by atoms with E-state index in [2.05, 4.69) is 41.4 Å². The van der Waals surface area contributed by atoms with Crippen LogP contribution in [-0.2, 0) is 11.3 Å². The maximum atomic E-state index is 6.53. The molecule has 0 saturated carbocycles. The molecule has 33 heavy (non-hydrogen) atoms. The molecule has 3 heterocycles. The lowest BCUT2D eigenvalue weighted by Crippen LogP contribution is -2.05. The SMILES string of the molecule is COCc1nn2c(N)c(-c3nc(-c4ccc(C)cc4)cs3)nnc2c1-c1cccc(OC)c1. The van der Waals surface area contributed by atoms with Gasteiger partial charge in [0.25, 0.3) is 0 Å². The molecule has 0 fully saturated rings. The molecule has 0 aliphatic rings. The van der Waals surface area contributed by atoms with Gasteiger partial charge in [0.05, 0.1) is 30.7 Å². The number of aromatic nitrogens is 5. The topological polar surface area (TPSA) is 100 Å². The summed E-state index contributed by atoms with van der Waals surface area (Å²) in [5.74, 6) is 1.11. The van der Waals surface area contributed by atoms with Gasteiger partial charge in [-0.2, -0.15) is 9.61 Å². The second-order valence-corrected chi connectivity index (χ2v) is 8.42. The van der Waals surface area contributed by atoms with Crippen molar-refractivity contribution < 1.29 is 9.47 Å². The fourth-order valence-electron chi connectivity index (χ4n) is 3.67. The molecule has 0 aliphatic heterocycles. The zero-order chi connectivity index (χ0) is 22.9. The first-order chi connectivity index (χ1) is 16.1. The molecule has 166 valence electrons. The second-order valence-electron chi connectivity index (χ2n) is 7.56. The summed E-state index contributed by atoms with van der Waals surface area (Å²) in [7, 11) is 3.26. The summed E-state index contributed by atoms with van der Waals surface area (Å²) in [4.78, 5) is 4.75. The van der Waals surface area contributed by atoms with Crippen LogP contribution in [0.3, 0.4) is 0 Å². The number of nitrogens with zero attached hydrogens (tertiary/aromatic N) is 5. The Bertz CT molecular complexity index is 1440. The van der Waals surface area contributed by atoms with E-state index >= 15 is 0 Å². The number of hydrogen-bond acceptors (Lipinski definition) is 8. The second kappa shape index (κ2) is 8.61. The molecule has 0 bridgehead atoms. The predicted octanol–water partition coefficient (Wildman–Crippen LogP) is 4.63. The third-order valence-electron chi connectivity index (χ3n) is 5.34. The molecule has 0 unspecified atom stereocenters. The van der Waals surface area contributed by atoms with Gasteiger partial charge in [-0.1, -0.05) is 42.0 Å². The van der Waals surface area contributed by atoms with E-state index in [0.29, 0.717) is 34.5 Å². The van der Waals surface area contributed by atoms with Crippen molar-refractivity contribution in [1.82, 2.24) is 24.8 Å². The minimum Gasteiger partial charge on any atom is -0.497 e. The molecule has 0 radical (unpaired) electrons. The van der Waals surface area contributed by atoms with Crippen molar-refractivity contribution in [3.8, 4) is 38.8 Å². The van der Waals surface area contributed by atoms with E-state index in [1.54, 1.807) is 18.7 Å². The molecular weight excluding hydrogens is 436 g/mol. The Kier molecular flexibility index (Phi) is 5.49. The molecule has 0 spiro atoms. The van der Waals surface area contributed by atoms with E-state index in [0.717, 1.165) is 28.1 Å². The molecule has 0 saturated heterocycles. The van der Waals surface area contributed by atoms with Crippen LogP contribution >= 0.6 is 11.3 Å². The number of hydrogen-bond donors (Lipinski definition) is 1. The standard InChI is InChI=1S/C24H22N6O2S/c1-14-7-9-15(10-8-14)19-13-33-24(26-19)21-22(25)30-23(28-27-21)20(18(29-30)12-31-2)16-5-4-6-17(11-16)32-3/h4-11,13H,12,25H2,1-3H3. The molecule has 2 N–H and O–H groups in total. The minimum absolute atomic E-state index is 0.305. The number of nitrogens with two attached hydrogens (primary N) is 1. The molecular formula is C24H22N6O2S. The van der Waals surface area contributed by atoms with E-state index in [9.17, 15) is 0 Å². The van der Waals surface area contributed by atoms with Crippen molar-refractivity contribution in [2.75, 3.05) is 20.0 Å². The average molecular weight is 459 g/mol. The summed E-state index contributed by atoms with van der Waals surface area (Å²) in [6, 6.07) is 15.9. The van der Waals surface area contributed by atoms with Crippen LogP contribution in [0.2, 0.25) is 0 Å². The van der Waals surface area contributed by atoms with Gasteiger partial charge in [0.1, 0.15) is 10.8 Å². The summed E-state index contributed by atoms with van der Waals surface area (Å²) in [6.07, 6.45) is 0. The number of anilines is 1. The van der Waals surface area contributed by atoms with Gasteiger partial charge >= 0.3 is 0 Å². The predicted molar refractivity (Wildman–Crippen MR) is 129 cm³/mol. The molecule has 5 rings (SSSR count). The normalized spacial score (nSPS) is 11.2. The smallest absolute Gasteiger partial charge is 0.187 e. The summed E-state index contributed by atoms with van der Waals surface area (Å²) >= 11 is 1.47. The van der Waals surface area contributed by atoms with Gasteiger partial charge in [0, 0.05) is 18.1 Å². The van der Waals surface area contributed by atoms with Gasteiger partial charge in [0.15, 0.2) is 17.2 Å². The van der Waals surface area contributed by atoms with E-state index in [1.807, 2.05) is 29.6 Å². The lowest BCUT2D eigenvalue weighted by atomic mass is 10.1. The highest BCUT2D eigenvalue weighted by Crippen LogP contribution is 2.35. The first-order valence-corrected chi connectivity index (χ1v) is 11.2. The fraction of sp³-hybridized carbons (Fsp3) is 0.167. The minimum atomic E-state index is 0.305. The van der Waals surface area contributed by atoms with Crippen molar-refractivity contribution in [2.24, 2.45) is 0 Å². The Morgan fingerprint density at radius 1 is 1.03 bits per heavy atom. The molecule has 9 heteroatoms. The van der Waals surface area contributed by atoms with Crippen LogP contribution < -0.4 is 10.5 Å². The largest absolute Gasteiger partial charge is 0.497 e. The van der Waals surface area contributed by atoms with Gasteiger partial charge in [0.2, 0.25) is 0 Å². The van der Waals surface area contributed by atoms with E-state index in [4.69, 9.17) is 25.3 Å². The molecule has 0 amide bonds. The summed E-state index contributed by atoms with van der Waals surface area (Å²) in [5.41, 5.74) is 13.1. The summed E-state index contributed by atoms with van der Waals surface area (Å²) in [5, 5.41) is 16.3. The van der Waals surface area contributed by atoms with E-state index < -0.39 is 0 Å². The first-order valence-electron chi connectivity index (χ1n) is 10.3. The number of rotatable bonds is 6. The molecule has 2 aromatic carbocycles. The Morgan fingerprint density at radius 2 is 1.85 bits per heavy atom. The van der Waals surface area contributed by atoms with Crippen LogP contribution in [0.4, 0.5) is 5.82 Å². The molecule has 0 atom stereocenters. The highest BCUT2D eigenvalue weighted by molar-refractivity contribution is 7.13. The van der Waals surface area contributed by atoms with Gasteiger partial charge in [-0.25, -0.2) is 4.98 Å². The van der Waals surface area contributed by atoms with E-state index in [1.165, 1.54) is 16.9 Å². The van der Waals surface area contributed by atoms with Crippen molar-refractivity contribution in [2.45, 2.75) is 13.5 Å². The quantitative estimate of drug-likeness (QED) is 0.396. The number of ether oxygens (including phenoxy) is 2. The van der Waals surface area contributed by atoms with Crippen molar-refractivity contribution in [3.05, 3.63) is 65.2 Å². The monoisotopic (exact) mass is 458 g/mol. The average Bonchev–Trinajstić information content (AvgIpc) is 3.46. The Balaban J connectivity index is 1.62. The molecule has 5 aromatic rings. The third-order valence-corrected chi connectivity index (χ3v) is 6.19. The van der Waals surface area contributed by atoms with Crippen molar-refractivity contribution in [3.63, 3.8) is 0 Å². The number of methoxy groups -OCH3 is 2. The van der Waals surface area contributed by atoms with Gasteiger partial charge in [-0.15, -0.1) is 21.5 Å². The zero-order valence-corrected chi connectivity index (χ0v) is 19.3. The van der Waals surface area contributed by atoms with Crippen molar-refractivity contribution in [1.29, 1.82) is 0 Å². The van der Waals surface area contributed by atoms with Crippen LogP contribution in [0.5, 0.6) is 5.75 Å². The lowest BCUT2D eigenvalue weighted by Gasteiger charge is -2.06. The van der Waals surface area contributed by atoms with Gasteiger partial charge in [-0.05, 0) is 24.6 Å². The Labute approximate surface area is 194 Å². The first kappa shape index (κ1) is 21.0. The van der Waals surface area contributed by atoms with Crippen molar-refractivity contribution >= 4 is 22.8 Å². The van der Waals surface area contributed by atoms with Crippen LogP contribution in [0.15, 0.2) is 53.9 Å². The summed E-state index contributed by atoms with van der Waals surface area (Å²) < 4.78 is 12.4. The lowest BCUT2D eigenvalue weighted by molar-refractivity contribution is 0.181. The zero-order valence-electron chi connectivity index (χ0n) is 18.4. The maximum absolute atomic E-state index is 6.53. The van der Waals surface area contributed by atoms with Gasteiger partial charge in [-0.3, -0.25) is 0 Å². The number of benzene rings is 2. The van der Waals surface area contributed by atoms with Crippen LogP contribution in [0.25, 0.3) is 38.7 Å². The fourth-order valence-corrected chi connectivity index (χ4v) is 4.49. The number of fused-ring (bicyclic) bond motifs is 1. The number of aryl methyl sites for hydroxylation is 1. The third kappa shape index (κ3) is 3.81. The molecule has 0 aliphatic carbocycles. The van der Waals surface area contributed by atoms with E-state index in [-0.39, 0.29) is 0 Å². The number of thiazole rings is 1. The van der Waals surface area contributed by atoms with Crippen LogP contribution in [-0.4, -0.2) is 39.0 Å². The molecule has 8 nitrogen and oxygen atoms in total. The highest BCUT2D eigenvalue weighted by atomic mass is 32.1. The van der Waals surface area contributed by atoms with Crippen LogP contribution in [0.1, 0.15) is 11.3 Å². The highest BCUT2D eigenvalue weighted by Gasteiger charge is 2.22. The Morgan fingerprint density at radius 3 is 2.61 bits per heavy atom. The molecule has 3 aromatic heterocycles.